The van der Waals surface area contributed by atoms with Gasteiger partial charge in [-0.3, -0.25) is 24.3 Å². The van der Waals surface area contributed by atoms with Crippen LogP contribution in [-0.4, -0.2) is 52.8 Å². The van der Waals surface area contributed by atoms with Gasteiger partial charge in [-0.25, -0.2) is 4.98 Å². The Morgan fingerprint density at radius 3 is 2.48 bits per heavy atom. The van der Waals surface area contributed by atoms with Crippen LogP contribution in [0.2, 0.25) is 11.6 Å². The molecule has 1 aliphatic heterocycles. The van der Waals surface area contributed by atoms with E-state index in [1.807, 2.05) is 21.8 Å². The molecule has 1 fully saturated rings. The molecule has 2 amide bonds. The van der Waals surface area contributed by atoms with Gasteiger partial charge in [-0.1, -0.05) is 10.9 Å². The summed E-state index contributed by atoms with van der Waals surface area (Å²) < 4.78 is 1.37. The van der Waals surface area contributed by atoms with Gasteiger partial charge < -0.3 is 5.73 Å². The van der Waals surface area contributed by atoms with Crippen LogP contribution in [0.3, 0.4) is 0 Å². The quantitative estimate of drug-likeness (QED) is 0.308. The van der Waals surface area contributed by atoms with Crippen molar-refractivity contribution in [1.29, 1.82) is 0 Å². The lowest BCUT2D eigenvalue weighted by atomic mass is 9.61. The summed E-state index contributed by atoms with van der Waals surface area (Å²) in [5.74, 6) is -1.09. The Kier molecular flexibility index (Phi) is 4.05. The minimum Gasteiger partial charge on any atom is -0.398 e. The Bertz CT molecular complexity index is 990. The lowest BCUT2D eigenvalue weighted by Gasteiger charge is -2.34. The molecule has 1 saturated heterocycles. The number of aryl methyl sites for hydroxylation is 1. The van der Waals surface area contributed by atoms with E-state index in [4.69, 9.17) is 5.73 Å². The molecule has 124 valence electrons. The van der Waals surface area contributed by atoms with Crippen molar-refractivity contribution in [1.82, 2.24) is 14.9 Å². The second-order valence-corrected chi connectivity index (χ2v) is 6.91. The van der Waals surface area contributed by atoms with E-state index in [1.165, 1.54) is 4.57 Å². The van der Waals surface area contributed by atoms with Crippen LogP contribution in [0, 0.1) is 6.92 Å². The largest absolute Gasteiger partial charge is 0.398 e. The highest BCUT2D eigenvalue weighted by molar-refractivity contribution is 6.52. The highest BCUT2D eigenvalue weighted by atomic mass is 16.2. The Labute approximate surface area is 148 Å². The highest BCUT2D eigenvalue weighted by Gasteiger charge is 2.40. The maximum atomic E-state index is 13.2. The SMILES string of the molecule is Bc1cc2nc(C)n(C3C(=O)NC(=O)C(B)C3B)c(=O)c2c(N)c1B. The first-order valence-electron chi connectivity index (χ1n) is 8.28. The summed E-state index contributed by atoms with van der Waals surface area (Å²) in [5, 5.41) is 2.67. The maximum absolute atomic E-state index is 13.2. The summed E-state index contributed by atoms with van der Waals surface area (Å²) >= 11 is 0. The number of amides is 2. The molecule has 3 N–H and O–H groups in total. The number of carbonyl (C=O) groups excluding carboxylic acids is 2. The van der Waals surface area contributed by atoms with Crippen molar-refractivity contribution in [2.75, 3.05) is 5.73 Å². The smallest absolute Gasteiger partial charge is 0.264 e. The number of nitrogens with two attached hydrogens (primary N) is 1. The lowest BCUT2D eigenvalue weighted by molar-refractivity contribution is -0.135. The summed E-state index contributed by atoms with van der Waals surface area (Å²) in [6.07, 6.45) is 0. The summed E-state index contributed by atoms with van der Waals surface area (Å²) in [6, 6.07) is 1.04. The molecular formula is C14H18B4N4O3. The first kappa shape index (κ1) is 17.4. The van der Waals surface area contributed by atoms with Crippen molar-refractivity contribution in [3.8, 4) is 0 Å². The maximum Gasteiger partial charge on any atom is 0.264 e. The number of aromatic nitrogens is 2. The van der Waals surface area contributed by atoms with Crippen LogP contribution in [0.5, 0.6) is 0 Å². The molecular weight excluding hydrogens is 315 g/mol. The minimum atomic E-state index is -0.793. The number of carbonyl (C=O) groups is 2. The average Bonchev–Trinajstić information content (AvgIpc) is 2.53. The van der Waals surface area contributed by atoms with Crippen LogP contribution in [0.1, 0.15) is 11.9 Å². The number of imide groups is 1. The van der Waals surface area contributed by atoms with E-state index in [2.05, 4.69) is 10.3 Å². The molecule has 3 unspecified atom stereocenters. The van der Waals surface area contributed by atoms with Crippen LogP contribution < -0.4 is 27.5 Å². The fourth-order valence-corrected chi connectivity index (χ4v) is 3.47. The van der Waals surface area contributed by atoms with E-state index in [1.54, 1.807) is 22.6 Å². The molecule has 0 bridgehead atoms. The predicted octanol–water partition coefficient (Wildman–Crippen LogP) is -5.16. The number of nitrogens with one attached hydrogen (secondary N) is 1. The number of hydrogen-bond acceptors (Lipinski definition) is 5. The van der Waals surface area contributed by atoms with Crippen LogP contribution in [0.15, 0.2) is 10.9 Å². The van der Waals surface area contributed by atoms with Gasteiger partial charge in [0.25, 0.3) is 5.56 Å². The molecule has 3 atom stereocenters. The minimum absolute atomic E-state index is 0.318. The molecule has 2 heterocycles. The molecule has 1 aliphatic rings. The Morgan fingerprint density at radius 2 is 1.84 bits per heavy atom. The van der Waals surface area contributed by atoms with Gasteiger partial charge in [-0.15, -0.1) is 0 Å². The Balaban J connectivity index is 2.32. The van der Waals surface area contributed by atoms with Gasteiger partial charge in [0.15, 0.2) is 0 Å². The molecule has 0 radical (unpaired) electrons. The van der Waals surface area contributed by atoms with Crippen LogP contribution in [0.25, 0.3) is 10.9 Å². The van der Waals surface area contributed by atoms with Gasteiger partial charge in [0, 0.05) is 11.5 Å². The van der Waals surface area contributed by atoms with Gasteiger partial charge in [0.2, 0.25) is 11.8 Å². The summed E-state index contributed by atoms with van der Waals surface area (Å²) in [6.45, 7) is 1.69. The number of piperidine rings is 1. The zero-order chi connectivity index (χ0) is 18.6. The van der Waals surface area contributed by atoms with E-state index in [0.717, 1.165) is 10.9 Å². The number of nitrogen functional groups attached to an aromatic ring is 1. The van der Waals surface area contributed by atoms with Gasteiger partial charge >= 0.3 is 0 Å². The molecule has 1 aromatic carbocycles. The number of fused-ring (bicyclic) bond motifs is 1. The third-order valence-electron chi connectivity index (χ3n) is 5.43. The summed E-state index contributed by atoms with van der Waals surface area (Å²) in [5.41, 5.74) is 8.51. The molecule has 0 saturated carbocycles. The molecule has 2 aromatic rings. The second kappa shape index (κ2) is 5.82. The number of nitrogens with zero attached hydrogens (tertiary/aromatic N) is 2. The molecule has 7 nitrogen and oxygen atoms in total. The van der Waals surface area contributed by atoms with Crippen LogP contribution >= 0.6 is 0 Å². The predicted molar refractivity (Wildman–Crippen MR) is 108 cm³/mol. The molecule has 0 aliphatic carbocycles. The van der Waals surface area contributed by atoms with Gasteiger partial charge in [-0.05, 0) is 18.8 Å². The van der Waals surface area contributed by atoms with Crippen molar-refractivity contribution in [3.63, 3.8) is 0 Å². The monoisotopic (exact) mass is 334 g/mol. The van der Waals surface area contributed by atoms with Crippen molar-refractivity contribution in [3.05, 3.63) is 22.2 Å². The van der Waals surface area contributed by atoms with Crippen molar-refractivity contribution in [2.24, 2.45) is 0 Å². The van der Waals surface area contributed by atoms with E-state index in [9.17, 15) is 14.4 Å². The van der Waals surface area contributed by atoms with E-state index < -0.39 is 11.9 Å². The fraction of sp³-hybridized carbons (Fsp3) is 0.286. The van der Waals surface area contributed by atoms with Crippen LogP contribution in [0.4, 0.5) is 5.69 Å². The van der Waals surface area contributed by atoms with E-state index in [-0.39, 0.29) is 23.1 Å². The van der Waals surface area contributed by atoms with Crippen LogP contribution in [-0.2, 0) is 9.59 Å². The standard InChI is InChI=1S/C14H18B4N4O3/c1-3-20-5-2-4(15)7(16)10(19)6(5)14(25)22(3)11-8(17)9(18)12(23)21-13(11)24/h2,8-9,11H,15-19H2,1H3,(H,21,23,24). The van der Waals surface area contributed by atoms with Crippen molar-refractivity contribution >= 4 is 70.7 Å². The first-order chi connectivity index (χ1) is 11.6. The number of benzene rings is 1. The topological polar surface area (TPSA) is 107 Å². The number of anilines is 1. The summed E-state index contributed by atoms with van der Waals surface area (Å²) in [7, 11) is 7.31. The average molecular weight is 334 g/mol. The fourth-order valence-electron chi connectivity index (χ4n) is 3.47. The number of rotatable bonds is 1. The normalized spacial score (nSPS) is 23.6. The van der Waals surface area contributed by atoms with Crippen molar-refractivity contribution < 1.29 is 9.59 Å². The van der Waals surface area contributed by atoms with Gasteiger partial charge in [0.1, 0.15) is 43.3 Å². The zero-order valence-electron chi connectivity index (χ0n) is 15.0. The van der Waals surface area contributed by atoms with Gasteiger partial charge in [0.05, 0.1) is 10.9 Å². The lowest BCUT2D eigenvalue weighted by Crippen LogP contribution is -2.50. The molecule has 25 heavy (non-hydrogen) atoms. The third-order valence-corrected chi connectivity index (χ3v) is 5.43. The van der Waals surface area contributed by atoms with Crippen molar-refractivity contribution in [2.45, 2.75) is 24.6 Å². The third kappa shape index (κ3) is 2.49. The molecule has 11 heteroatoms. The summed E-state index contributed by atoms with van der Waals surface area (Å²) in [4.78, 5) is 42.0. The second-order valence-electron chi connectivity index (χ2n) is 6.91. The Hall–Kier alpha value is -2.44. The first-order valence-corrected chi connectivity index (χ1v) is 8.28. The van der Waals surface area contributed by atoms with E-state index >= 15 is 0 Å². The Morgan fingerprint density at radius 1 is 1.20 bits per heavy atom. The van der Waals surface area contributed by atoms with E-state index in [0.29, 0.717) is 22.4 Å². The zero-order valence-corrected chi connectivity index (χ0v) is 15.0. The highest BCUT2D eigenvalue weighted by Crippen LogP contribution is 2.34. The molecule has 1 aromatic heterocycles. The van der Waals surface area contributed by atoms with Gasteiger partial charge in [-0.2, -0.15) is 0 Å². The molecule has 3 rings (SSSR count). The molecule has 0 spiro atoms. The number of hydrogen-bond donors (Lipinski definition) is 2.